The predicted octanol–water partition coefficient (Wildman–Crippen LogP) is -0.249. The summed E-state index contributed by atoms with van der Waals surface area (Å²) in [7, 11) is 0. The summed E-state index contributed by atoms with van der Waals surface area (Å²) in [5, 5.41) is 11.4. The topological polar surface area (TPSA) is 128 Å². The van der Waals surface area contributed by atoms with Crippen LogP contribution in [-0.2, 0) is 19.2 Å². The molecule has 136 valence electrons. The number of hydrogen-bond acceptors (Lipinski definition) is 7. The molecule has 12 heteroatoms. The van der Waals surface area contributed by atoms with Crippen LogP contribution >= 0.6 is 35.7 Å². The van der Waals surface area contributed by atoms with Crippen LogP contribution in [0, 0.1) is 0 Å². The van der Waals surface area contributed by atoms with E-state index in [2.05, 4.69) is 16.2 Å². The minimum absolute atomic E-state index is 0.117. The molecule has 1 saturated heterocycles. The van der Waals surface area contributed by atoms with Gasteiger partial charge in [-0.3, -0.25) is 30.1 Å². The van der Waals surface area contributed by atoms with Crippen molar-refractivity contribution < 1.29 is 24.3 Å². The van der Waals surface area contributed by atoms with E-state index in [-0.39, 0.29) is 45.3 Å². The first-order chi connectivity index (χ1) is 11.7. The van der Waals surface area contributed by atoms with Gasteiger partial charge in [-0.15, -0.1) is 11.8 Å². The zero-order chi connectivity index (χ0) is 18.7. The molecule has 0 saturated carbocycles. The second-order valence-corrected chi connectivity index (χ2v) is 8.14. The van der Waals surface area contributed by atoms with E-state index in [0.717, 1.165) is 11.8 Å². The highest BCUT2D eigenvalue weighted by Gasteiger charge is 2.48. The molecule has 9 nitrogen and oxygen atoms in total. The number of β-lactam (4-membered cyclic amide) rings is 1. The molecule has 2 heterocycles. The van der Waals surface area contributed by atoms with Crippen molar-refractivity contribution in [3.8, 4) is 0 Å². The molecule has 0 spiro atoms. The van der Waals surface area contributed by atoms with Crippen LogP contribution in [0.2, 0.25) is 0 Å². The van der Waals surface area contributed by atoms with Gasteiger partial charge in [-0.2, -0.15) is 0 Å². The molecule has 0 aromatic carbocycles. The van der Waals surface area contributed by atoms with E-state index in [0.29, 0.717) is 5.57 Å². The van der Waals surface area contributed by atoms with Crippen LogP contribution in [0.5, 0.6) is 0 Å². The van der Waals surface area contributed by atoms with Crippen molar-refractivity contribution >= 4 is 63.8 Å². The first-order valence-corrected chi connectivity index (χ1v) is 9.44. The van der Waals surface area contributed by atoms with Crippen LogP contribution in [0.4, 0.5) is 0 Å². The molecule has 3 amide bonds. The number of hydrazine groups is 1. The molecule has 2 rings (SSSR count). The van der Waals surface area contributed by atoms with Crippen LogP contribution in [0.3, 0.4) is 0 Å². The van der Waals surface area contributed by atoms with Gasteiger partial charge < -0.3 is 10.4 Å². The van der Waals surface area contributed by atoms with Crippen LogP contribution in [-0.4, -0.2) is 54.5 Å². The Labute approximate surface area is 157 Å². The fourth-order valence-electron chi connectivity index (χ4n) is 2.29. The number of carbonyl (C=O) groups is 4. The van der Waals surface area contributed by atoms with Crippen LogP contribution in [0.15, 0.2) is 11.3 Å². The van der Waals surface area contributed by atoms with E-state index in [1.165, 1.54) is 30.5 Å². The molecule has 4 N–H and O–H groups in total. The van der Waals surface area contributed by atoms with Crippen molar-refractivity contribution in [3.05, 3.63) is 11.3 Å². The van der Waals surface area contributed by atoms with E-state index in [9.17, 15) is 24.3 Å². The average Bonchev–Trinajstić information content (AvgIpc) is 2.49. The summed E-state index contributed by atoms with van der Waals surface area (Å²) >= 11 is 7.46. The van der Waals surface area contributed by atoms with Crippen molar-refractivity contribution in [2.24, 2.45) is 0 Å². The third-order valence-corrected chi connectivity index (χ3v) is 5.94. The second kappa shape index (κ2) is 8.06. The number of rotatable bonds is 4. The normalized spacial score (nSPS) is 21.8. The Morgan fingerprint density at radius 1 is 1.32 bits per heavy atom. The van der Waals surface area contributed by atoms with Gasteiger partial charge >= 0.3 is 5.97 Å². The molecule has 0 aliphatic carbocycles. The number of carboxylic acid groups (broad SMARTS) is 1. The lowest BCUT2D eigenvalue weighted by Gasteiger charge is -2.46. The molecule has 2 aliphatic heterocycles. The van der Waals surface area contributed by atoms with E-state index >= 15 is 0 Å². The average molecular weight is 404 g/mol. The fraction of sp³-hybridized carbons (Fsp3) is 0.462. The van der Waals surface area contributed by atoms with Gasteiger partial charge in [0.25, 0.3) is 0 Å². The van der Waals surface area contributed by atoms with Crippen LogP contribution in [0.25, 0.3) is 0 Å². The number of carbonyl (C=O) groups excluding carboxylic acids is 3. The van der Waals surface area contributed by atoms with Gasteiger partial charge in [0, 0.05) is 25.2 Å². The molecule has 0 bridgehead atoms. The quantitative estimate of drug-likeness (QED) is 0.285. The first-order valence-electron chi connectivity index (χ1n) is 7.11. The minimum atomic E-state index is -1.23. The van der Waals surface area contributed by atoms with Crippen molar-refractivity contribution in [3.63, 3.8) is 0 Å². The summed E-state index contributed by atoms with van der Waals surface area (Å²) in [4.78, 5) is 47.1. The van der Waals surface area contributed by atoms with Gasteiger partial charge in [0.05, 0.1) is 11.8 Å². The highest BCUT2D eigenvalue weighted by Crippen LogP contribution is 2.43. The summed E-state index contributed by atoms with van der Waals surface area (Å²) in [6.45, 7) is 2.65. The molecule has 2 aliphatic rings. The smallest absolute Gasteiger partial charge is 0.352 e. The lowest BCUT2D eigenvalue weighted by atomic mass is 10.1. The van der Waals surface area contributed by atoms with Gasteiger partial charge in [0.1, 0.15) is 11.1 Å². The molecule has 1 unspecified atom stereocenters. The number of amides is 3. The Kier molecular flexibility index (Phi) is 6.30. The lowest BCUT2D eigenvalue weighted by Crippen LogP contribution is -2.57. The van der Waals surface area contributed by atoms with Crippen molar-refractivity contribution in [2.75, 3.05) is 5.75 Å². The van der Waals surface area contributed by atoms with Gasteiger partial charge in [-0.1, -0.05) is 24.0 Å². The van der Waals surface area contributed by atoms with E-state index < -0.39 is 11.3 Å². The summed E-state index contributed by atoms with van der Waals surface area (Å²) < 4.78 is 0.232. The Hall–Kier alpha value is -1.79. The Morgan fingerprint density at radius 2 is 2.00 bits per heavy atom. The number of fused-ring (bicyclic) bond motifs is 1. The standard InChI is InChI=1S/C13H16N4O5S3/c1-5(18)14-11-7(4-24-13(23)16-15-6(2)19)10(12(21)22)17-8(20)3-9(17)25-11/h9,11H,3-4H2,1-2H3,(H,14,18)(H,15,19)(H,16,23)(H,21,22)/t9-,11?/m1/s1. The van der Waals surface area contributed by atoms with Crippen molar-refractivity contribution in [1.82, 2.24) is 21.1 Å². The minimum Gasteiger partial charge on any atom is -0.477 e. The zero-order valence-electron chi connectivity index (χ0n) is 13.3. The van der Waals surface area contributed by atoms with Gasteiger partial charge in [-0.05, 0) is 0 Å². The highest BCUT2D eigenvalue weighted by atomic mass is 32.2. The third-order valence-electron chi connectivity index (χ3n) is 3.30. The van der Waals surface area contributed by atoms with Crippen molar-refractivity contribution in [2.45, 2.75) is 31.0 Å². The fourth-order valence-corrected chi connectivity index (χ4v) is 4.83. The number of thiocarbonyl (C=S) groups is 1. The monoisotopic (exact) mass is 404 g/mol. The second-order valence-electron chi connectivity index (χ2n) is 5.20. The number of hydrogen-bond donors (Lipinski definition) is 4. The van der Waals surface area contributed by atoms with Gasteiger partial charge in [-0.25, -0.2) is 4.79 Å². The Balaban J connectivity index is 2.21. The number of aliphatic carboxylic acids is 1. The molecule has 0 aromatic rings. The first kappa shape index (κ1) is 19.5. The molecule has 2 atom stereocenters. The van der Waals surface area contributed by atoms with Crippen LogP contribution < -0.4 is 16.2 Å². The molecule has 0 radical (unpaired) electrons. The maximum absolute atomic E-state index is 11.8. The van der Waals surface area contributed by atoms with Gasteiger partial charge in [0.15, 0.2) is 4.32 Å². The summed E-state index contributed by atoms with van der Waals surface area (Å²) in [6, 6.07) is 0. The number of carboxylic acids is 1. The van der Waals surface area contributed by atoms with E-state index in [1.807, 2.05) is 0 Å². The van der Waals surface area contributed by atoms with E-state index in [4.69, 9.17) is 12.2 Å². The lowest BCUT2D eigenvalue weighted by molar-refractivity contribution is -0.146. The number of nitrogens with zero attached hydrogens (tertiary/aromatic N) is 1. The SMILES string of the molecule is CC(=O)NNC(=S)SCC1=C(C(=O)O)N2C(=O)C[C@H]2SC1NC(C)=O. The highest BCUT2D eigenvalue weighted by molar-refractivity contribution is 8.23. The molecule has 0 aromatic heterocycles. The molecular weight excluding hydrogens is 388 g/mol. The predicted molar refractivity (Wildman–Crippen MR) is 97.1 cm³/mol. The summed E-state index contributed by atoms with van der Waals surface area (Å²) in [5.74, 6) is -1.99. The zero-order valence-corrected chi connectivity index (χ0v) is 15.8. The summed E-state index contributed by atoms with van der Waals surface area (Å²) in [6.07, 6.45) is 0.237. The maximum atomic E-state index is 11.8. The Morgan fingerprint density at radius 3 is 2.52 bits per heavy atom. The van der Waals surface area contributed by atoms with Crippen molar-refractivity contribution in [1.29, 1.82) is 0 Å². The molecule has 1 fully saturated rings. The number of nitrogens with one attached hydrogen (secondary N) is 3. The molecule has 25 heavy (non-hydrogen) atoms. The van der Waals surface area contributed by atoms with Crippen LogP contribution in [0.1, 0.15) is 20.3 Å². The summed E-state index contributed by atoms with van der Waals surface area (Å²) in [5.41, 5.74) is 5.10. The van der Waals surface area contributed by atoms with E-state index in [1.54, 1.807) is 0 Å². The largest absolute Gasteiger partial charge is 0.477 e. The number of thioether (sulfide) groups is 2. The third kappa shape index (κ3) is 4.64. The molecular formula is C13H16N4O5S3. The Bertz CT molecular complexity index is 681. The van der Waals surface area contributed by atoms with Gasteiger partial charge in [0.2, 0.25) is 17.7 Å². The maximum Gasteiger partial charge on any atom is 0.352 e.